The van der Waals surface area contributed by atoms with E-state index in [-0.39, 0.29) is 11.8 Å². The number of hydrogen-bond acceptors (Lipinski definition) is 4. The first-order valence-corrected chi connectivity index (χ1v) is 9.42. The van der Waals surface area contributed by atoms with Crippen LogP contribution in [0.1, 0.15) is 36.4 Å². The maximum atomic E-state index is 12.7. The van der Waals surface area contributed by atoms with Crippen LogP contribution in [0.4, 0.5) is 0 Å². The van der Waals surface area contributed by atoms with Gasteiger partial charge in [-0.25, -0.2) is 9.97 Å². The van der Waals surface area contributed by atoms with Crippen molar-refractivity contribution in [1.29, 1.82) is 0 Å². The van der Waals surface area contributed by atoms with Crippen LogP contribution in [-0.4, -0.2) is 43.4 Å². The van der Waals surface area contributed by atoms with E-state index in [4.69, 9.17) is 0 Å². The number of hydrogen-bond donors (Lipinski definition) is 0. The number of amides is 1. The van der Waals surface area contributed by atoms with Gasteiger partial charge in [0, 0.05) is 50.2 Å². The van der Waals surface area contributed by atoms with Crippen molar-refractivity contribution in [2.75, 3.05) is 13.1 Å². The van der Waals surface area contributed by atoms with Gasteiger partial charge in [-0.3, -0.25) is 14.3 Å². The Morgan fingerprint density at radius 3 is 2.78 bits per heavy atom. The van der Waals surface area contributed by atoms with Crippen LogP contribution in [0.15, 0.2) is 61.4 Å². The standard InChI is InChI=1S/C21H23N5O/c27-19(9-8-17-5-2-1-3-6-17)25-13-4-7-18(15-25)20-21(24-11-10-23-20)26-14-12-22-16-26/h1-3,5-6,10-12,14,16,18H,4,7-9,13,15H2/t18-/m1/s1. The van der Waals surface area contributed by atoms with Gasteiger partial charge in [-0.15, -0.1) is 0 Å². The fraction of sp³-hybridized carbons (Fsp3) is 0.333. The zero-order chi connectivity index (χ0) is 18.5. The molecule has 4 rings (SSSR count). The third kappa shape index (κ3) is 4.05. The zero-order valence-corrected chi connectivity index (χ0v) is 15.2. The first kappa shape index (κ1) is 17.4. The third-order valence-electron chi connectivity index (χ3n) is 5.09. The van der Waals surface area contributed by atoms with Crippen molar-refractivity contribution >= 4 is 5.91 Å². The summed E-state index contributed by atoms with van der Waals surface area (Å²) in [5, 5.41) is 0. The van der Waals surface area contributed by atoms with E-state index >= 15 is 0 Å². The summed E-state index contributed by atoms with van der Waals surface area (Å²) in [6, 6.07) is 10.2. The van der Waals surface area contributed by atoms with Crippen LogP contribution in [0.2, 0.25) is 0 Å². The van der Waals surface area contributed by atoms with Gasteiger partial charge in [-0.05, 0) is 24.8 Å². The lowest BCUT2D eigenvalue weighted by Gasteiger charge is -2.33. The monoisotopic (exact) mass is 361 g/mol. The molecule has 1 aromatic carbocycles. The van der Waals surface area contributed by atoms with E-state index < -0.39 is 0 Å². The predicted molar refractivity (Wildman–Crippen MR) is 102 cm³/mol. The van der Waals surface area contributed by atoms with Crippen LogP contribution in [0.25, 0.3) is 5.82 Å². The van der Waals surface area contributed by atoms with E-state index in [9.17, 15) is 4.79 Å². The summed E-state index contributed by atoms with van der Waals surface area (Å²) in [5.41, 5.74) is 2.15. The third-order valence-corrected chi connectivity index (χ3v) is 5.09. The van der Waals surface area contributed by atoms with E-state index in [1.54, 1.807) is 24.9 Å². The molecular formula is C21H23N5O. The van der Waals surface area contributed by atoms with E-state index in [0.717, 1.165) is 37.3 Å². The number of aromatic nitrogens is 4. The molecule has 1 amide bonds. The van der Waals surface area contributed by atoms with Gasteiger partial charge >= 0.3 is 0 Å². The molecular weight excluding hydrogens is 338 g/mol. The Kier molecular flexibility index (Phi) is 5.23. The Balaban J connectivity index is 1.45. The summed E-state index contributed by atoms with van der Waals surface area (Å²) >= 11 is 0. The minimum Gasteiger partial charge on any atom is -0.342 e. The molecule has 0 N–H and O–H groups in total. The first-order chi connectivity index (χ1) is 13.3. The molecule has 1 fully saturated rings. The van der Waals surface area contributed by atoms with Crippen molar-refractivity contribution in [2.45, 2.75) is 31.6 Å². The molecule has 138 valence electrons. The second-order valence-electron chi connectivity index (χ2n) is 6.90. The Hall–Kier alpha value is -3.02. The molecule has 1 aliphatic heterocycles. The number of likely N-dealkylation sites (tertiary alicyclic amines) is 1. The lowest BCUT2D eigenvalue weighted by atomic mass is 9.93. The van der Waals surface area contributed by atoms with Gasteiger partial charge in [0.2, 0.25) is 5.91 Å². The van der Waals surface area contributed by atoms with Crippen molar-refractivity contribution in [3.05, 3.63) is 72.7 Å². The Bertz CT molecular complexity index is 879. The van der Waals surface area contributed by atoms with Gasteiger partial charge in [-0.1, -0.05) is 30.3 Å². The molecule has 0 saturated carbocycles. The molecule has 1 aliphatic rings. The molecule has 2 aromatic heterocycles. The summed E-state index contributed by atoms with van der Waals surface area (Å²) in [7, 11) is 0. The van der Waals surface area contributed by atoms with E-state index in [0.29, 0.717) is 13.0 Å². The van der Waals surface area contributed by atoms with Gasteiger partial charge < -0.3 is 4.90 Å². The lowest BCUT2D eigenvalue weighted by Crippen LogP contribution is -2.39. The molecule has 27 heavy (non-hydrogen) atoms. The van der Waals surface area contributed by atoms with Crippen LogP contribution in [0.3, 0.4) is 0 Å². The molecule has 6 nitrogen and oxygen atoms in total. The van der Waals surface area contributed by atoms with Gasteiger partial charge in [0.15, 0.2) is 5.82 Å². The molecule has 0 bridgehead atoms. The van der Waals surface area contributed by atoms with Gasteiger partial charge in [0.1, 0.15) is 6.33 Å². The Morgan fingerprint density at radius 2 is 1.96 bits per heavy atom. The average molecular weight is 361 g/mol. The highest BCUT2D eigenvalue weighted by atomic mass is 16.2. The fourth-order valence-corrected chi connectivity index (χ4v) is 3.69. The van der Waals surface area contributed by atoms with E-state index in [1.807, 2.05) is 33.9 Å². The molecule has 0 aliphatic carbocycles. The lowest BCUT2D eigenvalue weighted by molar-refractivity contribution is -0.132. The molecule has 3 heterocycles. The summed E-state index contributed by atoms with van der Waals surface area (Å²) in [4.78, 5) is 27.9. The van der Waals surface area contributed by atoms with Crippen molar-refractivity contribution in [1.82, 2.24) is 24.4 Å². The van der Waals surface area contributed by atoms with Crippen molar-refractivity contribution in [2.24, 2.45) is 0 Å². The largest absolute Gasteiger partial charge is 0.342 e. The summed E-state index contributed by atoms with van der Waals surface area (Å²) in [6.45, 7) is 1.53. The number of nitrogens with zero attached hydrogens (tertiary/aromatic N) is 5. The summed E-state index contributed by atoms with van der Waals surface area (Å²) in [5.74, 6) is 1.22. The quantitative estimate of drug-likeness (QED) is 0.701. The number of rotatable bonds is 5. The van der Waals surface area contributed by atoms with Crippen molar-refractivity contribution < 1.29 is 4.79 Å². The van der Waals surface area contributed by atoms with Crippen LogP contribution >= 0.6 is 0 Å². The maximum absolute atomic E-state index is 12.7. The van der Waals surface area contributed by atoms with Crippen molar-refractivity contribution in [3.63, 3.8) is 0 Å². The SMILES string of the molecule is O=C(CCc1ccccc1)N1CCC[C@@H](c2nccnc2-n2ccnc2)C1. The van der Waals surface area contributed by atoms with E-state index in [2.05, 4.69) is 27.1 Å². The number of piperidine rings is 1. The molecule has 1 saturated heterocycles. The molecule has 0 unspecified atom stereocenters. The maximum Gasteiger partial charge on any atom is 0.222 e. The minimum atomic E-state index is 0.200. The van der Waals surface area contributed by atoms with Crippen LogP contribution in [0, 0.1) is 0 Å². The molecule has 0 radical (unpaired) electrons. The molecule has 6 heteroatoms. The van der Waals surface area contributed by atoms with Crippen LogP contribution in [0.5, 0.6) is 0 Å². The Morgan fingerprint density at radius 1 is 1.11 bits per heavy atom. The highest BCUT2D eigenvalue weighted by Gasteiger charge is 2.27. The fourth-order valence-electron chi connectivity index (χ4n) is 3.69. The Labute approximate surface area is 158 Å². The summed E-state index contributed by atoms with van der Waals surface area (Å²) in [6.07, 6.45) is 12.1. The van der Waals surface area contributed by atoms with Crippen LogP contribution < -0.4 is 0 Å². The summed E-state index contributed by atoms with van der Waals surface area (Å²) < 4.78 is 1.89. The average Bonchev–Trinajstić information content (AvgIpc) is 3.28. The smallest absolute Gasteiger partial charge is 0.222 e. The number of carbonyl (C=O) groups excluding carboxylic acids is 1. The van der Waals surface area contributed by atoms with Crippen LogP contribution in [-0.2, 0) is 11.2 Å². The van der Waals surface area contributed by atoms with Crippen molar-refractivity contribution in [3.8, 4) is 5.82 Å². The minimum absolute atomic E-state index is 0.200. The first-order valence-electron chi connectivity index (χ1n) is 9.42. The zero-order valence-electron chi connectivity index (χ0n) is 15.2. The van der Waals surface area contributed by atoms with Gasteiger partial charge in [0.25, 0.3) is 0 Å². The molecule has 0 spiro atoms. The number of carbonyl (C=O) groups is 1. The second kappa shape index (κ2) is 8.12. The highest BCUT2D eigenvalue weighted by molar-refractivity contribution is 5.76. The van der Waals surface area contributed by atoms with Gasteiger partial charge in [0.05, 0.1) is 5.69 Å². The number of imidazole rings is 1. The predicted octanol–water partition coefficient (Wildman–Crippen LogP) is 3.00. The topological polar surface area (TPSA) is 63.9 Å². The highest BCUT2D eigenvalue weighted by Crippen LogP contribution is 2.29. The van der Waals surface area contributed by atoms with E-state index in [1.165, 1.54) is 5.56 Å². The number of benzene rings is 1. The van der Waals surface area contributed by atoms with Gasteiger partial charge in [-0.2, -0.15) is 0 Å². The molecule has 1 atom stereocenters. The molecule has 3 aromatic rings. The number of aryl methyl sites for hydroxylation is 1. The normalized spacial score (nSPS) is 17.0. The second-order valence-corrected chi connectivity index (χ2v) is 6.90.